The van der Waals surface area contributed by atoms with Gasteiger partial charge >= 0.3 is 0 Å². The van der Waals surface area contributed by atoms with Crippen LogP contribution in [0.25, 0.3) is 0 Å². The number of nitrogens with zero attached hydrogens (tertiary/aromatic N) is 3. The van der Waals surface area contributed by atoms with Gasteiger partial charge in [0.15, 0.2) is 5.96 Å². The van der Waals surface area contributed by atoms with Crippen molar-refractivity contribution < 1.29 is 9.47 Å². The molecule has 0 bridgehead atoms. The summed E-state index contributed by atoms with van der Waals surface area (Å²) in [5.74, 6) is 1.78. The van der Waals surface area contributed by atoms with Gasteiger partial charge in [-0.25, -0.2) is 4.98 Å². The molecule has 0 fully saturated rings. The molecule has 1 N–H and O–H groups in total. The van der Waals surface area contributed by atoms with E-state index in [2.05, 4.69) is 50.7 Å². The predicted octanol–water partition coefficient (Wildman–Crippen LogP) is 3.42. The fraction of sp³-hybridized carbons (Fsp3) is 0.500. The van der Waals surface area contributed by atoms with E-state index in [1.165, 1.54) is 5.56 Å². The first-order valence-corrected chi connectivity index (χ1v) is 9.88. The Morgan fingerprint density at radius 2 is 2.15 bits per heavy atom. The molecular weight excluding hydrogens is 360 g/mol. The zero-order valence-corrected chi connectivity index (χ0v) is 17.9. The van der Waals surface area contributed by atoms with E-state index in [0.717, 1.165) is 40.9 Å². The molecule has 0 amide bonds. The molecular formula is C20H30N4O2S. The van der Waals surface area contributed by atoms with Crippen LogP contribution in [-0.4, -0.2) is 50.7 Å². The summed E-state index contributed by atoms with van der Waals surface area (Å²) in [6.07, 6.45) is 0.924. The first-order valence-electron chi connectivity index (χ1n) is 9.00. The molecule has 7 heteroatoms. The second-order valence-electron chi connectivity index (χ2n) is 6.44. The average molecular weight is 391 g/mol. The molecule has 1 aromatic heterocycles. The van der Waals surface area contributed by atoms with Gasteiger partial charge in [-0.15, -0.1) is 11.3 Å². The molecule has 0 aliphatic carbocycles. The van der Waals surface area contributed by atoms with Crippen molar-refractivity contribution >= 4 is 17.3 Å². The molecule has 0 saturated carbocycles. The summed E-state index contributed by atoms with van der Waals surface area (Å²) in [6.45, 7) is 5.55. The third-order valence-electron chi connectivity index (χ3n) is 4.41. The number of hydrogen-bond acceptors (Lipinski definition) is 5. The minimum Gasteiger partial charge on any atom is -0.496 e. The van der Waals surface area contributed by atoms with Crippen LogP contribution in [0, 0.1) is 6.92 Å². The van der Waals surface area contributed by atoms with Crippen molar-refractivity contribution in [1.82, 2.24) is 15.2 Å². The monoisotopic (exact) mass is 390 g/mol. The molecule has 1 atom stereocenters. The summed E-state index contributed by atoms with van der Waals surface area (Å²) < 4.78 is 10.7. The molecule has 0 saturated heterocycles. The molecule has 1 heterocycles. The van der Waals surface area contributed by atoms with E-state index in [9.17, 15) is 0 Å². The van der Waals surface area contributed by atoms with Crippen LogP contribution >= 0.6 is 11.3 Å². The first-order chi connectivity index (χ1) is 13.0. The topological polar surface area (TPSA) is 59.0 Å². The SMILES string of the molecule is CN=C(NCCc1ccc(C)c(OC)c1)N(C)Cc1csc(C(C)OC)n1. The molecule has 2 aromatic rings. The number of nitrogens with one attached hydrogen (secondary N) is 1. The van der Waals surface area contributed by atoms with Gasteiger partial charge in [0.05, 0.1) is 19.3 Å². The largest absolute Gasteiger partial charge is 0.496 e. The highest BCUT2D eigenvalue weighted by Gasteiger charge is 2.12. The van der Waals surface area contributed by atoms with Crippen LogP contribution in [0.15, 0.2) is 28.6 Å². The highest BCUT2D eigenvalue weighted by atomic mass is 32.1. The van der Waals surface area contributed by atoms with E-state index in [1.807, 2.05) is 14.0 Å². The Morgan fingerprint density at radius 3 is 2.81 bits per heavy atom. The van der Waals surface area contributed by atoms with Gasteiger partial charge in [0.25, 0.3) is 0 Å². The van der Waals surface area contributed by atoms with Crippen LogP contribution in [0.3, 0.4) is 0 Å². The molecule has 27 heavy (non-hydrogen) atoms. The van der Waals surface area contributed by atoms with Crippen LogP contribution in [0.2, 0.25) is 0 Å². The quantitative estimate of drug-likeness (QED) is 0.553. The molecule has 1 unspecified atom stereocenters. The lowest BCUT2D eigenvalue weighted by molar-refractivity contribution is 0.119. The van der Waals surface area contributed by atoms with Crippen molar-refractivity contribution in [2.45, 2.75) is 32.9 Å². The molecule has 0 radical (unpaired) electrons. The highest BCUT2D eigenvalue weighted by Crippen LogP contribution is 2.21. The van der Waals surface area contributed by atoms with Crippen molar-refractivity contribution in [2.24, 2.45) is 4.99 Å². The minimum absolute atomic E-state index is 0.0259. The number of benzene rings is 1. The number of guanidine groups is 1. The normalized spacial score (nSPS) is 12.7. The van der Waals surface area contributed by atoms with Crippen molar-refractivity contribution in [1.29, 1.82) is 0 Å². The third-order valence-corrected chi connectivity index (χ3v) is 5.47. The van der Waals surface area contributed by atoms with Crippen LogP contribution in [0.5, 0.6) is 5.75 Å². The van der Waals surface area contributed by atoms with Gasteiger partial charge in [-0.1, -0.05) is 12.1 Å². The number of methoxy groups -OCH3 is 2. The maximum Gasteiger partial charge on any atom is 0.193 e. The third kappa shape index (κ3) is 5.94. The lowest BCUT2D eigenvalue weighted by atomic mass is 10.1. The zero-order valence-electron chi connectivity index (χ0n) is 17.1. The maximum absolute atomic E-state index is 5.40. The Bertz CT molecular complexity index is 760. The van der Waals surface area contributed by atoms with Gasteiger partial charge in [-0.2, -0.15) is 0 Å². The standard InChI is InChI=1S/C20H30N4O2S/c1-14-7-8-16(11-18(14)26-6)9-10-22-20(21-3)24(4)12-17-13-27-19(23-17)15(2)25-5/h7-8,11,13,15H,9-10,12H2,1-6H3,(H,21,22). The number of ether oxygens (including phenoxy) is 2. The van der Waals surface area contributed by atoms with Gasteiger partial charge in [0, 0.05) is 33.1 Å². The number of aliphatic imine (C=N–C) groups is 1. The summed E-state index contributed by atoms with van der Waals surface area (Å²) in [5, 5.41) is 6.49. The molecule has 0 spiro atoms. The highest BCUT2D eigenvalue weighted by molar-refractivity contribution is 7.09. The van der Waals surface area contributed by atoms with Gasteiger partial charge in [0.1, 0.15) is 16.9 Å². The summed E-state index contributed by atoms with van der Waals surface area (Å²) >= 11 is 1.63. The second-order valence-corrected chi connectivity index (χ2v) is 7.33. The van der Waals surface area contributed by atoms with Gasteiger partial charge in [-0.3, -0.25) is 4.99 Å². The van der Waals surface area contributed by atoms with E-state index in [-0.39, 0.29) is 6.10 Å². The summed E-state index contributed by atoms with van der Waals surface area (Å²) in [5.41, 5.74) is 3.41. The number of thiazole rings is 1. The smallest absolute Gasteiger partial charge is 0.193 e. The van der Waals surface area contributed by atoms with Crippen molar-refractivity contribution in [3.8, 4) is 5.75 Å². The molecule has 0 aliphatic heterocycles. The van der Waals surface area contributed by atoms with Gasteiger partial charge in [-0.05, 0) is 37.5 Å². The van der Waals surface area contributed by atoms with Crippen molar-refractivity contribution in [2.75, 3.05) is 34.9 Å². The van der Waals surface area contributed by atoms with E-state index in [4.69, 9.17) is 9.47 Å². The molecule has 6 nitrogen and oxygen atoms in total. The lowest BCUT2D eigenvalue weighted by Gasteiger charge is -2.21. The van der Waals surface area contributed by atoms with Gasteiger partial charge in [0.2, 0.25) is 0 Å². The Morgan fingerprint density at radius 1 is 1.37 bits per heavy atom. The number of aryl methyl sites for hydroxylation is 1. The predicted molar refractivity (Wildman–Crippen MR) is 112 cm³/mol. The summed E-state index contributed by atoms with van der Waals surface area (Å²) in [6, 6.07) is 6.33. The molecule has 1 aromatic carbocycles. The van der Waals surface area contributed by atoms with E-state index < -0.39 is 0 Å². The Kier molecular flexibility index (Phi) is 8.06. The van der Waals surface area contributed by atoms with E-state index >= 15 is 0 Å². The van der Waals surface area contributed by atoms with Crippen LogP contribution in [-0.2, 0) is 17.7 Å². The second kappa shape index (κ2) is 10.3. The minimum atomic E-state index is 0.0259. The van der Waals surface area contributed by atoms with Crippen molar-refractivity contribution in [3.63, 3.8) is 0 Å². The summed E-state index contributed by atoms with van der Waals surface area (Å²) in [4.78, 5) is 11.1. The number of rotatable bonds is 8. The van der Waals surface area contributed by atoms with Crippen molar-refractivity contribution in [3.05, 3.63) is 45.4 Å². The van der Waals surface area contributed by atoms with E-state index in [0.29, 0.717) is 6.54 Å². The fourth-order valence-electron chi connectivity index (χ4n) is 2.72. The van der Waals surface area contributed by atoms with Gasteiger partial charge < -0.3 is 19.7 Å². The fourth-order valence-corrected chi connectivity index (χ4v) is 3.57. The average Bonchev–Trinajstić information content (AvgIpc) is 3.14. The number of aromatic nitrogens is 1. The number of hydrogen-bond donors (Lipinski definition) is 1. The maximum atomic E-state index is 5.40. The molecule has 0 aliphatic rings. The Balaban J connectivity index is 1.88. The van der Waals surface area contributed by atoms with E-state index in [1.54, 1.807) is 32.6 Å². The lowest BCUT2D eigenvalue weighted by Crippen LogP contribution is -2.39. The molecule has 148 valence electrons. The zero-order chi connectivity index (χ0) is 19.8. The summed E-state index contributed by atoms with van der Waals surface area (Å²) in [7, 11) is 7.22. The van der Waals surface area contributed by atoms with Crippen LogP contribution in [0.1, 0.15) is 34.9 Å². The Hall–Kier alpha value is -2.12. The molecule has 2 rings (SSSR count). The van der Waals surface area contributed by atoms with Crippen LogP contribution < -0.4 is 10.1 Å². The Labute approximate surface area is 166 Å². The van der Waals surface area contributed by atoms with Crippen LogP contribution in [0.4, 0.5) is 0 Å². The first kappa shape index (κ1) is 21.2.